The molecule has 0 saturated heterocycles. The molecule has 0 unspecified atom stereocenters. The maximum absolute atomic E-state index is 12.8. The zero-order valence-electron chi connectivity index (χ0n) is 20.1. The number of carbonyl (C=O) groups excluding carboxylic acids is 2. The van der Waals surface area contributed by atoms with Crippen LogP contribution in [-0.4, -0.2) is 39.4 Å². The fourth-order valence-corrected chi connectivity index (χ4v) is 3.82. The summed E-state index contributed by atoms with van der Waals surface area (Å²) in [6.45, 7) is 1.24. The molecule has 1 atom stereocenters. The highest BCUT2D eigenvalue weighted by Crippen LogP contribution is 2.46. The molecular formula is C26H23F3N4O5. The number of aromatic nitrogens is 2. The van der Waals surface area contributed by atoms with Crippen molar-refractivity contribution >= 4 is 17.8 Å². The number of rotatable bonds is 8. The monoisotopic (exact) mass is 528 g/mol. The Morgan fingerprint density at radius 3 is 2.11 bits per heavy atom. The Bertz CT molecular complexity index is 1430. The molecule has 38 heavy (non-hydrogen) atoms. The Labute approximate surface area is 214 Å². The molecule has 1 heterocycles. The van der Waals surface area contributed by atoms with Gasteiger partial charge in [-0.3, -0.25) is 19.2 Å². The summed E-state index contributed by atoms with van der Waals surface area (Å²) in [4.78, 5) is 54.4. The second kappa shape index (κ2) is 10.1. The summed E-state index contributed by atoms with van der Waals surface area (Å²) in [5.41, 5.74) is -0.478. The average molecular weight is 528 g/mol. The van der Waals surface area contributed by atoms with Gasteiger partial charge in [0.25, 0.3) is 17.4 Å². The van der Waals surface area contributed by atoms with Crippen LogP contribution in [0.15, 0.2) is 59.5 Å². The molecule has 0 aliphatic heterocycles. The minimum absolute atomic E-state index is 0.166. The van der Waals surface area contributed by atoms with Crippen molar-refractivity contribution in [3.8, 4) is 11.1 Å². The van der Waals surface area contributed by atoms with Crippen LogP contribution in [0.3, 0.4) is 0 Å². The van der Waals surface area contributed by atoms with E-state index in [9.17, 15) is 32.3 Å². The first kappa shape index (κ1) is 26.6. The first-order valence-corrected chi connectivity index (χ1v) is 11.6. The van der Waals surface area contributed by atoms with Gasteiger partial charge in [0.05, 0.1) is 17.0 Å². The van der Waals surface area contributed by atoms with Crippen LogP contribution in [0.2, 0.25) is 0 Å². The van der Waals surface area contributed by atoms with Crippen molar-refractivity contribution < 1.29 is 32.7 Å². The lowest BCUT2D eigenvalue weighted by Crippen LogP contribution is -2.39. The zero-order chi connectivity index (χ0) is 27.7. The zero-order valence-corrected chi connectivity index (χ0v) is 20.1. The van der Waals surface area contributed by atoms with Crippen LogP contribution in [0.4, 0.5) is 13.2 Å². The highest BCUT2D eigenvalue weighted by molar-refractivity contribution is 5.95. The summed E-state index contributed by atoms with van der Waals surface area (Å²) in [6, 6.07) is 11.9. The average Bonchev–Trinajstić information content (AvgIpc) is 3.66. The van der Waals surface area contributed by atoms with Crippen molar-refractivity contribution in [1.82, 2.24) is 20.6 Å². The number of H-pyrrole nitrogens is 1. The predicted octanol–water partition coefficient (Wildman–Crippen LogP) is 3.33. The molecule has 1 saturated carbocycles. The molecular weight excluding hydrogens is 505 g/mol. The van der Waals surface area contributed by atoms with E-state index in [0.29, 0.717) is 24.0 Å². The molecule has 4 rings (SSSR count). The van der Waals surface area contributed by atoms with Crippen molar-refractivity contribution in [2.24, 2.45) is 5.92 Å². The van der Waals surface area contributed by atoms with Gasteiger partial charge in [-0.1, -0.05) is 43.3 Å². The first-order chi connectivity index (χ1) is 17.9. The molecule has 2 amide bonds. The van der Waals surface area contributed by atoms with Gasteiger partial charge in [0.2, 0.25) is 0 Å². The molecule has 0 spiro atoms. The van der Waals surface area contributed by atoms with Gasteiger partial charge < -0.3 is 20.7 Å². The van der Waals surface area contributed by atoms with Crippen molar-refractivity contribution in [2.75, 3.05) is 6.54 Å². The Morgan fingerprint density at radius 2 is 1.61 bits per heavy atom. The number of hydrogen-bond acceptors (Lipinski definition) is 5. The molecule has 2 aromatic carbocycles. The van der Waals surface area contributed by atoms with Gasteiger partial charge in [-0.2, -0.15) is 13.2 Å². The SMILES string of the molecule is C[C@H](CNC(=O)c1ncc(C(=O)NC2(c3ccc(-c4ccc(C(F)(F)F)cc4)cc3)CC2)c(=O)[nH]1)C(=O)O. The molecule has 3 aromatic rings. The van der Waals surface area contributed by atoms with E-state index >= 15 is 0 Å². The summed E-state index contributed by atoms with van der Waals surface area (Å²) in [5.74, 6) is -3.76. The Hall–Kier alpha value is -4.48. The summed E-state index contributed by atoms with van der Waals surface area (Å²) in [5, 5.41) is 14.1. The molecule has 1 fully saturated rings. The number of hydrogen-bond donors (Lipinski definition) is 4. The van der Waals surface area contributed by atoms with E-state index in [-0.39, 0.29) is 17.9 Å². The first-order valence-electron chi connectivity index (χ1n) is 11.6. The minimum atomic E-state index is -4.41. The summed E-state index contributed by atoms with van der Waals surface area (Å²) >= 11 is 0. The molecule has 1 aliphatic rings. The number of nitrogens with one attached hydrogen (secondary N) is 3. The van der Waals surface area contributed by atoms with Crippen LogP contribution in [0.1, 0.15) is 51.9 Å². The van der Waals surface area contributed by atoms with Crippen LogP contribution in [0.25, 0.3) is 11.1 Å². The van der Waals surface area contributed by atoms with Crippen molar-refractivity contribution in [3.63, 3.8) is 0 Å². The normalized spacial score (nSPS) is 14.8. The number of aliphatic carboxylic acids is 1. The maximum atomic E-state index is 12.8. The van der Waals surface area contributed by atoms with Gasteiger partial charge in [0.1, 0.15) is 5.56 Å². The molecule has 1 aromatic heterocycles. The van der Waals surface area contributed by atoms with E-state index < -0.39 is 46.5 Å². The van der Waals surface area contributed by atoms with Gasteiger partial charge >= 0.3 is 12.1 Å². The Balaban J connectivity index is 1.43. The van der Waals surface area contributed by atoms with Gasteiger partial charge in [0, 0.05) is 12.7 Å². The number of nitrogens with zero attached hydrogens (tertiary/aromatic N) is 1. The van der Waals surface area contributed by atoms with E-state index in [0.717, 1.165) is 23.9 Å². The smallest absolute Gasteiger partial charge is 0.416 e. The van der Waals surface area contributed by atoms with Crippen molar-refractivity contribution in [2.45, 2.75) is 31.5 Å². The number of alkyl halides is 3. The fraction of sp³-hybridized carbons (Fsp3) is 0.269. The van der Waals surface area contributed by atoms with Crippen LogP contribution in [-0.2, 0) is 16.5 Å². The predicted molar refractivity (Wildman–Crippen MR) is 129 cm³/mol. The number of benzene rings is 2. The number of amides is 2. The highest BCUT2D eigenvalue weighted by atomic mass is 19.4. The van der Waals surface area contributed by atoms with Gasteiger partial charge in [-0.05, 0) is 41.7 Å². The van der Waals surface area contributed by atoms with Gasteiger partial charge in [-0.25, -0.2) is 4.98 Å². The number of aromatic amines is 1. The van der Waals surface area contributed by atoms with Gasteiger partial charge in [-0.15, -0.1) is 0 Å². The quantitative estimate of drug-likeness (QED) is 0.354. The number of carboxylic acid groups (broad SMARTS) is 1. The lowest BCUT2D eigenvalue weighted by Gasteiger charge is -2.18. The van der Waals surface area contributed by atoms with Crippen LogP contribution in [0, 0.1) is 5.92 Å². The maximum Gasteiger partial charge on any atom is 0.416 e. The van der Waals surface area contributed by atoms with Crippen molar-refractivity contribution in [3.05, 3.63) is 87.6 Å². The number of carboxylic acids is 1. The molecule has 12 heteroatoms. The molecule has 0 bridgehead atoms. The molecule has 9 nitrogen and oxygen atoms in total. The van der Waals surface area contributed by atoms with Crippen LogP contribution < -0.4 is 16.2 Å². The minimum Gasteiger partial charge on any atom is -0.481 e. The molecule has 1 aliphatic carbocycles. The second-order valence-corrected chi connectivity index (χ2v) is 9.11. The lowest BCUT2D eigenvalue weighted by atomic mass is 9.98. The summed E-state index contributed by atoms with van der Waals surface area (Å²) in [7, 11) is 0. The molecule has 198 valence electrons. The molecule has 0 radical (unpaired) electrons. The Kier molecular flexibility index (Phi) is 7.07. The third-order valence-corrected chi connectivity index (χ3v) is 6.34. The van der Waals surface area contributed by atoms with E-state index in [2.05, 4.69) is 20.6 Å². The van der Waals surface area contributed by atoms with Crippen LogP contribution in [0.5, 0.6) is 0 Å². The van der Waals surface area contributed by atoms with Crippen molar-refractivity contribution in [1.29, 1.82) is 0 Å². The van der Waals surface area contributed by atoms with E-state index in [1.165, 1.54) is 19.1 Å². The van der Waals surface area contributed by atoms with E-state index in [4.69, 9.17) is 5.11 Å². The standard InChI is InChI=1S/C26H23F3N4O5/c1-14(24(37)38)12-31-23(36)20-30-13-19(21(34)32-20)22(35)33-25(10-11-25)17-6-2-15(3-7-17)16-4-8-18(9-5-16)26(27,28)29/h2-9,13-14H,10-12H2,1H3,(H,31,36)(H,33,35)(H,37,38)(H,30,32,34)/t14-/m1/s1. The largest absolute Gasteiger partial charge is 0.481 e. The summed E-state index contributed by atoms with van der Waals surface area (Å²) < 4.78 is 38.4. The highest BCUT2D eigenvalue weighted by Gasteiger charge is 2.46. The van der Waals surface area contributed by atoms with Crippen LogP contribution >= 0.6 is 0 Å². The molecule has 4 N–H and O–H groups in total. The summed E-state index contributed by atoms with van der Waals surface area (Å²) in [6.07, 6.45) is -2.20. The fourth-order valence-electron chi connectivity index (χ4n) is 3.82. The second-order valence-electron chi connectivity index (χ2n) is 9.11. The topological polar surface area (TPSA) is 141 Å². The van der Waals surface area contributed by atoms with E-state index in [1.54, 1.807) is 24.3 Å². The number of halogens is 3. The Morgan fingerprint density at radius 1 is 1.03 bits per heavy atom. The number of carbonyl (C=O) groups is 3. The van der Waals surface area contributed by atoms with E-state index in [1.807, 2.05) is 0 Å². The third-order valence-electron chi connectivity index (χ3n) is 6.34. The van der Waals surface area contributed by atoms with Gasteiger partial charge in [0.15, 0.2) is 5.82 Å². The third kappa shape index (κ3) is 5.74. The lowest BCUT2D eigenvalue weighted by molar-refractivity contribution is -0.141.